The van der Waals surface area contributed by atoms with E-state index in [1.807, 2.05) is 29.2 Å². The van der Waals surface area contributed by atoms with E-state index in [-0.39, 0.29) is 36.8 Å². The number of halogens is 3. The lowest BCUT2D eigenvalue weighted by atomic mass is 9.96. The zero-order valence-corrected chi connectivity index (χ0v) is 20.5. The third-order valence-electron chi connectivity index (χ3n) is 7.43. The van der Waals surface area contributed by atoms with Crippen LogP contribution in [0.4, 0.5) is 18.9 Å². The summed E-state index contributed by atoms with van der Waals surface area (Å²) in [6, 6.07) is 11.6. The number of carbonyl (C=O) groups excluding carboxylic acids is 4. The van der Waals surface area contributed by atoms with Crippen molar-refractivity contribution in [3.05, 3.63) is 64.7 Å². The lowest BCUT2D eigenvalue weighted by Gasteiger charge is -2.32. The molecule has 2 aromatic carbocycles. The predicted octanol–water partition coefficient (Wildman–Crippen LogP) is 3.47. The van der Waals surface area contributed by atoms with Gasteiger partial charge in [0.15, 0.2) is 0 Å². The van der Waals surface area contributed by atoms with Gasteiger partial charge < -0.3 is 5.32 Å². The number of amides is 4. The van der Waals surface area contributed by atoms with Gasteiger partial charge >= 0.3 is 6.18 Å². The van der Waals surface area contributed by atoms with Crippen molar-refractivity contribution >= 4 is 29.3 Å². The molecule has 8 nitrogen and oxygen atoms in total. The van der Waals surface area contributed by atoms with Crippen molar-refractivity contribution in [1.82, 2.24) is 15.1 Å². The van der Waals surface area contributed by atoms with Gasteiger partial charge in [0.1, 0.15) is 6.04 Å². The molecule has 1 unspecified atom stereocenters. The number of alkyl halides is 3. The van der Waals surface area contributed by atoms with E-state index in [0.29, 0.717) is 31.9 Å². The largest absolute Gasteiger partial charge is 0.391 e. The molecular weight excluding hydrogens is 501 g/mol. The van der Waals surface area contributed by atoms with Crippen molar-refractivity contribution in [1.29, 1.82) is 0 Å². The summed E-state index contributed by atoms with van der Waals surface area (Å²) < 4.78 is 38.7. The SMILES string of the molecule is O=C1CCC(N2C(=O)c3cccc(NCc4ccc(CN5CCC(C(F)(F)F)CC5)cc4)c3C2=O)C(=O)N1. The molecule has 1 atom stereocenters. The second-order valence-corrected chi connectivity index (χ2v) is 9.94. The summed E-state index contributed by atoms with van der Waals surface area (Å²) in [5.74, 6) is -3.44. The quantitative estimate of drug-likeness (QED) is 0.558. The minimum Gasteiger partial charge on any atom is -0.380 e. The molecule has 5 rings (SSSR count). The van der Waals surface area contributed by atoms with Crippen molar-refractivity contribution in [2.75, 3.05) is 18.4 Å². The Hall–Kier alpha value is -3.73. The van der Waals surface area contributed by atoms with Crippen LogP contribution in [0.1, 0.15) is 57.5 Å². The number of nitrogens with one attached hydrogen (secondary N) is 2. The molecule has 0 radical (unpaired) electrons. The average Bonchev–Trinajstić information content (AvgIpc) is 3.14. The first-order valence-electron chi connectivity index (χ1n) is 12.6. The smallest absolute Gasteiger partial charge is 0.380 e. The number of piperidine rings is 2. The number of benzene rings is 2. The second-order valence-electron chi connectivity index (χ2n) is 9.94. The highest BCUT2D eigenvalue weighted by Crippen LogP contribution is 2.35. The van der Waals surface area contributed by atoms with Gasteiger partial charge in [-0.2, -0.15) is 13.2 Å². The lowest BCUT2D eigenvalue weighted by molar-refractivity contribution is -0.185. The van der Waals surface area contributed by atoms with E-state index in [4.69, 9.17) is 0 Å². The Labute approximate surface area is 217 Å². The van der Waals surface area contributed by atoms with Crippen molar-refractivity contribution in [2.24, 2.45) is 5.92 Å². The molecule has 38 heavy (non-hydrogen) atoms. The Kier molecular flexibility index (Phi) is 6.95. The standard InChI is InChI=1S/C27H27F3N4O4/c28-27(29,30)18-10-12-33(13-11-18)15-17-6-4-16(5-7-17)14-31-20-3-1-2-19-23(20)26(38)34(25(19)37)21-8-9-22(35)32-24(21)36/h1-7,18,21,31H,8-15H2,(H,32,35,36). The maximum atomic E-state index is 13.2. The van der Waals surface area contributed by atoms with E-state index in [1.54, 1.807) is 18.2 Å². The monoisotopic (exact) mass is 528 g/mol. The lowest BCUT2D eigenvalue weighted by Crippen LogP contribution is -2.54. The van der Waals surface area contributed by atoms with Crippen LogP contribution in [0, 0.1) is 5.92 Å². The highest BCUT2D eigenvalue weighted by atomic mass is 19.4. The summed E-state index contributed by atoms with van der Waals surface area (Å²) in [5, 5.41) is 5.39. The van der Waals surface area contributed by atoms with Crippen LogP contribution in [-0.4, -0.2) is 58.7 Å². The van der Waals surface area contributed by atoms with E-state index in [1.165, 1.54) is 0 Å². The van der Waals surface area contributed by atoms with Crippen molar-refractivity contribution in [3.8, 4) is 0 Å². The van der Waals surface area contributed by atoms with Crippen LogP contribution < -0.4 is 10.6 Å². The number of hydrogen-bond donors (Lipinski definition) is 2. The van der Waals surface area contributed by atoms with Crippen LogP contribution in [0.5, 0.6) is 0 Å². The summed E-state index contributed by atoms with van der Waals surface area (Å²) >= 11 is 0. The summed E-state index contributed by atoms with van der Waals surface area (Å²) in [6.45, 7) is 1.77. The predicted molar refractivity (Wildman–Crippen MR) is 131 cm³/mol. The molecule has 3 aliphatic heterocycles. The van der Waals surface area contributed by atoms with Crippen LogP contribution in [-0.2, 0) is 22.7 Å². The zero-order valence-electron chi connectivity index (χ0n) is 20.5. The molecule has 2 aromatic rings. The van der Waals surface area contributed by atoms with E-state index >= 15 is 0 Å². The van der Waals surface area contributed by atoms with Gasteiger partial charge in [-0.15, -0.1) is 0 Å². The third kappa shape index (κ3) is 5.15. The number of nitrogens with zero attached hydrogens (tertiary/aromatic N) is 2. The van der Waals surface area contributed by atoms with Crippen molar-refractivity contribution < 1.29 is 32.3 Å². The summed E-state index contributed by atoms with van der Waals surface area (Å²) in [5.41, 5.74) is 2.78. The van der Waals surface area contributed by atoms with Gasteiger partial charge in [0.05, 0.1) is 17.0 Å². The molecule has 0 bridgehead atoms. The Balaban J connectivity index is 1.21. The number of rotatable bonds is 6. The van der Waals surface area contributed by atoms with Gasteiger partial charge in [-0.25, -0.2) is 0 Å². The van der Waals surface area contributed by atoms with E-state index in [0.717, 1.165) is 16.0 Å². The van der Waals surface area contributed by atoms with Crippen LogP contribution in [0.2, 0.25) is 0 Å². The maximum Gasteiger partial charge on any atom is 0.391 e. The molecule has 2 N–H and O–H groups in total. The second kappa shape index (κ2) is 10.2. The average molecular weight is 529 g/mol. The minimum atomic E-state index is -4.12. The molecule has 3 aliphatic rings. The summed E-state index contributed by atoms with van der Waals surface area (Å²) in [7, 11) is 0. The van der Waals surface area contributed by atoms with Gasteiger partial charge in [-0.05, 0) is 55.6 Å². The van der Waals surface area contributed by atoms with E-state index < -0.39 is 41.8 Å². The Morgan fingerprint density at radius 1 is 0.895 bits per heavy atom. The number of hydrogen-bond acceptors (Lipinski definition) is 6. The van der Waals surface area contributed by atoms with Crippen LogP contribution in [0.25, 0.3) is 0 Å². The number of anilines is 1. The van der Waals surface area contributed by atoms with Gasteiger partial charge in [-0.1, -0.05) is 30.3 Å². The van der Waals surface area contributed by atoms with Crippen LogP contribution in [0.3, 0.4) is 0 Å². The molecule has 0 aromatic heterocycles. The van der Waals surface area contributed by atoms with Gasteiger partial charge in [0.25, 0.3) is 11.8 Å². The summed E-state index contributed by atoms with van der Waals surface area (Å²) in [6.07, 6.45) is -3.74. The molecule has 2 saturated heterocycles. The first kappa shape index (κ1) is 25.9. The van der Waals surface area contributed by atoms with Gasteiger partial charge in [-0.3, -0.25) is 34.3 Å². The van der Waals surface area contributed by atoms with E-state index in [2.05, 4.69) is 10.6 Å². The third-order valence-corrected chi connectivity index (χ3v) is 7.43. The van der Waals surface area contributed by atoms with Gasteiger partial charge in [0.2, 0.25) is 11.8 Å². The Morgan fingerprint density at radius 2 is 1.58 bits per heavy atom. The highest BCUT2D eigenvalue weighted by Gasteiger charge is 2.45. The Morgan fingerprint density at radius 3 is 2.24 bits per heavy atom. The van der Waals surface area contributed by atoms with Crippen molar-refractivity contribution in [2.45, 2.75) is 51.0 Å². The molecule has 2 fully saturated rings. The molecule has 11 heteroatoms. The minimum absolute atomic E-state index is 0.0523. The molecule has 3 heterocycles. The fourth-order valence-corrected chi connectivity index (χ4v) is 5.30. The molecule has 0 saturated carbocycles. The molecule has 200 valence electrons. The topological polar surface area (TPSA) is 98.8 Å². The zero-order chi connectivity index (χ0) is 27.0. The van der Waals surface area contributed by atoms with E-state index in [9.17, 15) is 32.3 Å². The first-order valence-corrected chi connectivity index (χ1v) is 12.6. The molecule has 4 amide bonds. The summed E-state index contributed by atoms with van der Waals surface area (Å²) in [4.78, 5) is 52.9. The molecular formula is C27H27F3N4O4. The number of imide groups is 2. The van der Waals surface area contributed by atoms with Crippen LogP contribution >= 0.6 is 0 Å². The normalized spacial score (nSPS) is 21.0. The van der Waals surface area contributed by atoms with Crippen LogP contribution in [0.15, 0.2) is 42.5 Å². The number of carbonyl (C=O) groups is 4. The number of fused-ring (bicyclic) bond motifs is 1. The Bertz CT molecular complexity index is 1270. The number of likely N-dealkylation sites (tertiary alicyclic amines) is 1. The van der Waals surface area contributed by atoms with Gasteiger partial charge in [0, 0.05) is 25.2 Å². The first-order chi connectivity index (χ1) is 18.1. The molecule has 0 aliphatic carbocycles. The highest BCUT2D eigenvalue weighted by molar-refractivity contribution is 6.25. The fraction of sp³-hybridized carbons (Fsp3) is 0.407. The van der Waals surface area contributed by atoms with Crippen molar-refractivity contribution in [3.63, 3.8) is 0 Å². The maximum absolute atomic E-state index is 13.2. The fourth-order valence-electron chi connectivity index (χ4n) is 5.30. The molecule has 0 spiro atoms.